The Morgan fingerprint density at radius 3 is 2.29 bits per heavy atom. The SMILES string of the molecule is COc1cc(C(=O)O)c(C(=O)Nc2nc(-c3ccc4ccccc4c3)cs2)cc1OC. The number of thiazole rings is 1. The Labute approximate surface area is 181 Å². The number of nitrogens with zero attached hydrogens (tertiary/aromatic N) is 1. The van der Waals surface area contributed by atoms with Crippen molar-refractivity contribution in [2.45, 2.75) is 0 Å². The number of carboxylic acid groups (broad SMARTS) is 1. The highest BCUT2D eigenvalue weighted by Crippen LogP contribution is 2.32. The van der Waals surface area contributed by atoms with Crippen molar-refractivity contribution in [2.75, 3.05) is 19.5 Å². The van der Waals surface area contributed by atoms with Crippen LogP contribution in [-0.2, 0) is 0 Å². The Morgan fingerprint density at radius 2 is 1.61 bits per heavy atom. The van der Waals surface area contributed by atoms with E-state index in [0.29, 0.717) is 5.13 Å². The Bertz CT molecular complexity index is 1300. The van der Waals surface area contributed by atoms with Crippen molar-refractivity contribution < 1.29 is 24.2 Å². The molecule has 0 aliphatic rings. The van der Waals surface area contributed by atoms with Crippen LogP contribution in [0.1, 0.15) is 20.7 Å². The summed E-state index contributed by atoms with van der Waals surface area (Å²) in [6.07, 6.45) is 0. The molecule has 0 saturated carbocycles. The van der Waals surface area contributed by atoms with Crippen molar-refractivity contribution in [2.24, 2.45) is 0 Å². The molecule has 0 spiro atoms. The predicted molar refractivity (Wildman–Crippen MR) is 120 cm³/mol. The maximum atomic E-state index is 12.8. The molecular weight excluding hydrogens is 416 g/mol. The molecule has 0 aliphatic carbocycles. The molecule has 0 unspecified atom stereocenters. The van der Waals surface area contributed by atoms with E-state index >= 15 is 0 Å². The van der Waals surface area contributed by atoms with Gasteiger partial charge in [-0.1, -0.05) is 36.4 Å². The molecule has 0 saturated heterocycles. The zero-order valence-electron chi connectivity index (χ0n) is 16.7. The molecule has 1 amide bonds. The van der Waals surface area contributed by atoms with Crippen LogP contribution in [0.15, 0.2) is 60.0 Å². The van der Waals surface area contributed by atoms with Gasteiger partial charge in [-0.2, -0.15) is 0 Å². The Balaban J connectivity index is 1.62. The average molecular weight is 434 g/mol. The summed E-state index contributed by atoms with van der Waals surface area (Å²) >= 11 is 1.26. The predicted octanol–water partition coefficient (Wildman–Crippen LogP) is 4.93. The molecule has 4 rings (SSSR count). The number of carbonyl (C=O) groups is 2. The minimum Gasteiger partial charge on any atom is -0.493 e. The highest BCUT2D eigenvalue weighted by Gasteiger charge is 2.22. The molecule has 0 fully saturated rings. The minimum absolute atomic E-state index is 0.0485. The van der Waals surface area contributed by atoms with Gasteiger partial charge in [0.1, 0.15) is 0 Å². The van der Waals surface area contributed by atoms with Crippen molar-refractivity contribution >= 4 is 39.1 Å². The minimum atomic E-state index is -1.25. The van der Waals surface area contributed by atoms with Gasteiger partial charge in [0, 0.05) is 10.9 Å². The second kappa shape index (κ2) is 8.45. The summed E-state index contributed by atoms with van der Waals surface area (Å²) in [7, 11) is 2.81. The van der Waals surface area contributed by atoms with E-state index in [1.54, 1.807) is 0 Å². The molecule has 4 aromatic rings. The number of fused-ring (bicyclic) bond motifs is 1. The standard InChI is InChI=1S/C23H18N2O5S/c1-29-19-10-16(17(22(27)28)11-20(19)30-2)21(26)25-23-24-18(12-31-23)15-8-7-13-5-3-4-6-14(13)9-15/h3-12H,1-2H3,(H,27,28)(H,24,25,26). The molecule has 3 aromatic carbocycles. The van der Waals surface area contributed by atoms with Crippen LogP contribution in [0.5, 0.6) is 11.5 Å². The molecule has 0 aliphatic heterocycles. The number of carbonyl (C=O) groups excluding carboxylic acids is 1. The summed E-state index contributed by atoms with van der Waals surface area (Å²) in [6.45, 7) is 0. The molecule has 2 N–H and O–H groups in total. The number of carboxylic acids is 1. The number of rotatable bonds is 6. The van der Waals surface area contributed by atoms with E-state index in [2.05, 4.69) is 10.3 Å². The summed E-state index contributed by atoms with van der Waals surface area (Å²) in [5.74, 6) is -1.36. The normalized spacial score (nSPS) is 10.6. The van der Waals surface area contributed by atoms with Gasteiger partial charge in [-0.05, 0) is 29.0 Å². The zero-order chi connectivity index (χ0) is 22.0. The molecule has 1 aromatic heterocycles. The number of anilines is 1. The third kappa shape index (κ3) is 4.06. The summed E-state index contributed by atoms with van der Waals surface area (Å²) in [6, 6.07) is 16.7. The van der Waals surface area contributed by atoms with Crippen LogP contribution in [0.2, 0.25) is 0 Å². The Kier molecular flexibility index (Phi) is 5.55. The Morgan fingerprint density at radius 1 is 0.935 bits per heavy atom. The molecular formula is C23H18N2O5S. The molecule has 31 heavy (non-hydrogen) atoms. The van der Waals surface area contributed by atoms with E-state index in [1.807, 2.05) is 47.8 Å². The van der Waals surface area contributed by atoms with E-state index < -0.39 is 11.9 Å². The van der Waals surface area contributed by atoms with Crippen LogP contribution in [0.25, 0.3) is 22.0 Å². The topological polar surface area (TPSA) is 97.8 Å². The second-order valence-electron chi connectivity index (χ2n) is 6.61. The first-order chi connectivity index (χ1) is 15.0. The summed E-state index contributed by atoms with van der Waals surface area (Å²) in [5.41, 5.74) is 1.40. The van der Waals surface area contributed by atoms with E-state index in [4.69, 9.17) is 9.47 Å². The molecule has 7 nitrogen and oxygen atoms in total. The van der Waals surface area contributed by atoms with Gasteiger partial charge in [-0.15, -0.1) is 11.3 Å². The second-order valence-corrected chi connectivity index (χ2v) is 7.47. The first-order valence-electron chi connectivity index (χ1n) is 9.25. The van der Waals surface area contributed by atoms with Crippen LogP contribution in [0, 0.1) is 0 Å². The highest BCUT2D eigenvalue weighted by atomic mass is 32.1. The lowest BCUT2D eigenvalue weighted by atomic mass is 10.1. The van der Waals surface area contributed by atoms with Crippen molar-refractivity contribution in [1.29, 1.82) is 0 Å². The van der Waals surface area contributed by atoms with Crippen LogP contribution in [-0.4, -0.2) is 36.2 Å². The van der Waals surface area contributed by atoms with Crippen LogP contribution < -0.4 is 14.8 Å². The number of hydrogen-bond donors (Lipinski definition) is 2. The fraction of sp³-hybridized carbons (Fsp3) is 0.0870. The number of aromatic nitrogens is 1. The van der Waals surface area contributed by atoms with E-state index in [0.717, 1.165) is 22.0 Å². The van der Waals surface area contributed by atoms with Crippen molar-refractivity contribution in [3.63, 3.8) is 0 Å². The van der Waals surface area contributed by atoms with Crippen molar-refractivity contribution in [3.8, 4) is 22.8 Å². The smallest absolute Gasteiger partial charge is 0.336 e. The van der Waals surface area contributed by atoms with Crippen LogP contribution >= 0.6 is 11.3 Å². The Hall–Kier alpha value is -3.91. The van der Waals surface area contributed by atoms with Gasteiger partial charge < -0.3 is 14.6 Å². The number of nitrogens with one attached hydrogen (secondary N) is 1. The molecule has 0 radical (unpaired) electrons. The van der Waals surface area contributed by atoms with Crippen molar-refractivity contribution in [1.82, 2.24) is 4.98 Å². The monoisotopic (exact) mass is 434 g/mol. The fourth-order valence-electron chi connectivity index (χ4n) is 3.22. The fourth-order valence-corrected chi connectivity index (χ4v) is 3.94. The van der Waals surface area contributed by atoms with Crippen LogP contribution in [0.4, 0.5) is 5.13 Å². The van der Waals surface area contributed by atoms with Gasteiger partial charge in [0.15, 0.2) is 16.6 Å². The van der Waals surface area contributed by atoms with Gasteiger partial charge in [0.2, 0.25) is 0 Å². The van der Waals surface area contributed by atoms with Gasteiger partial charge in [0.25, 0.3) is 5.91 Å². The lowest BCUT2D eigenvalue weighted by molar-refractivity contribution is 0.0692. The van der Waals surface area contributed by atoms with Crippen LogP contribution in [0.3, 0.4) is 0 Å². The molecule has 0 atom stereocenters. The van der Waals surface area contributed by atoms with Gasteiger partial charge in [0.05, 0.1) is 31.0 Å². The van der Waals surface area contributed by atoms with Gasteiger partial charge >= 0.3 is 5.97 Å². The van der Waals surface area contributed by atoms with Crippen molar-refractivity contribution in [3.05, 3.63) is 71.1 Å². The third-order valence-corrected chi connectivity index (χ3v) is 5.53. The summed E-state index contributed by atoms with van der Waals surface area (Å²) < 4.78 is 10.3. The van der Waals surface area contributed by atoms with Gasteiger partial charge in [-0.3, -0.25) is 10.1 Å². The summed E-state index contributed by atoms with van der Waals surface area (Å²) in [5, 5.41) is 16.6. The highest BCUT2D eigenvalue weighted by molar-refractivity contribution is 7.14. The third-order valence-electron chi connectivity index (χ3n) is 4.77. The number of methoxy groups -OCH3 is 2. The van der Waals surface area contributed by atoms with E-state index in [1.165, 1.54) is 37.7 Å². The maximum absolute atomic E-state index is 12.8. The number of ether oxygens (including phenoxy) is 2. The number of amides is 1. The lowest BCUT2D eigenvalue weighted by Crippen LogP contribution is -2.17. The first kappa shape index (κ1) is 20.4. The molecule has 156 valence electrons. The molecule has 1 heterocycles. The van der Waals surface area contributed by atoms with Gasteiger partial charge in [-0.25, -0.2) is 9.78 Å². The number of aromatic carboxylic acids is 1. The average Bonchev–Trinajstić information content (AvgIpc) is 3.26. The zero-order valence-corrected chi connectivity index (χ0v) is 17.5. The number of benzene rings is 3. The quantitative estimate of drug-likeness (QED) is 0.447. The largest absolute Gasteiger partial charge is 0.493 e. The van der Waals surface area contributed by atoms with E-state index in [-0.39, 0.29) is 22.6 Å². The van der Waals surface area contributed by atoms with E-state index in [9.17, 15) is 14.7 Å². The summed E-state index contributed by atoms with van der Waals surface area (Å²) in [4.78, 5) is 29.0. The maximum Gasteiger partial charge on any atom is 0.336 e. The first-order valence-corrected chi connectivity index (χ1v) is 10.1. The molecule has 8 heteroatoms. The number of hydrogen-bond acceptors (Lipinski definition) is 6. The molecule has 0 bridgehead atoms. The lowest BCUT2D eigenvalue weighted by Gasteiger charge is -2.12.